The Balaban J connectivity index is 2.58. The monoisotopic (exact) mass is 284 g/mol. The average molecular weight is 284 g/mol. The molecule has 1 heterocycles. The molecule has 1 rings (SSSR count). The minimum absolute atomic E-state index is 0.0609. The van der Waals surface area contributed by atoms with E-state index >= 15 is 0 Å². The second-order valence-electron chi connectivity index (χ2n) is 6.77. The maximum absolute atomic E-state index is 12.2. The third kappa shape index (κ3) is 3.58. The summed E-state index contributed by atoms with van der Waals surface area (Å²) < 4.78 is 5.11. The number of nitrogens with zero attached hydrogens (tertiary/aromatic N) is 1. The van der Waals surface area contributed by atoms with Gasteiger partial charge < -0.3 is 4.74 Å². The first-order valence-electron chi connectivity index (χ1n) is 7.28. The van der Waals surface area contributed by atoms with Crippen molar-refractivity contribution < 1.29 is 19.5 Å². The smallest absolute Gasteiger partial charge is 0.311 e. The summed E-state index contributed by atoms with van der Waals surface area (Å²) in [7, 11) is 0. The van der Waals surface area contributed by atoms with Gasteiger partial charge in [0.2, 0.25) is 0 Å². The lowest BCUT2D eigenvalue weighted by Crippen LogP contribution is -2.47. The van der Waals surface area contributed by atoms with Gasteiger partial charge in [0, 0.05) is 12.0 Å². The highest BCUT2D eigenvalue weighted by molar-refractivity contribution is 5.83. The summed E-state index contributed by atoms with van der Waals surface area (Å²) in [6, 6.07) is 0. The number of carbonyl (C=O) groups is 2. The molecule has 20 heavy (non-hydrogen) atoms. The highest BCUT2D eigenvalue weighted by atomic mass is 16.5. The largest absolute Gasteiger partial charge is 0.457 e. The number of hydrogen-bond acceptors (Lipinski definition) is 4. The van der Waals surface area contributed by atoms with Crippen LogP contribution in [0.5, 0.6) is 0 Å². The Morgan fingerprint density at radius 1 is 1.25 bits per heavy atom. The zero-order valence-electron chi connectivity index (χ0n) is 13.2. The SMILES string of the molecule is CCCCC(=O)COC(=O)C1CC(C)(C)N([O])C1(C)C. The van der Waals surface area contributed by atoms with Crippen molar-refractivity contribution >= 4 is 11.8 Å². The van der Waals surface area contributed by atoms with Gasteiger partial charge in [-0.25, -0.2) is 0 Å². The van der Waals surface area contributed by atoms with Gasteiger partial charge in [-0.1, -0.05) is 13.3 Å². The summed E-state index contributed by atoms with van der Waals surface area (Å²) in [4.78, 5) is 23.7. The fraction of sp³-hybridized carbons (Fsp3) is 0.867. The first kappa shape index (κ1) is 17.1. The quantitative estimate of drug-likeness (QED) is 0.703. The molecule has 0 aromatic heterocycles. The average Bonchev–Trinajstić information content (AvgIpc) is 2.53. The molecule has 5 heteroatoms. The van der Waals surface area contributed by atoms with Crippen molar-refractivity contribution in [1.82, 2.24) is 5.06 Å². The van der Waals surface area contributed by atoms with E-state index in [1.807, 2.05) is 20.8 Å². The lowest BCUT2D eigenvalue weighted by molar-refractivity contribution is -0.248. The van der Waals surface area contributed by atoms with Gasteiger partial charge in [-0.05, 0) is 40.5 Å². The zero-order valence-corrected chi connectivity index (χ0v) is 13.2. The standard InChI is InChI=1S/C15H26NO4/c1-6-7-8-11(17)10-20-13(18)12-9-14(2,3)16(19)15(12,4)5/h12H,6-10H2,1-5H3. The van der Waals surface area contributed by atoms with E-state index in [9.17, 15) is 14.8 Å². The molecule has 1 saturated heterocycles. The van der Waals surface area contributed by atoms with E-state index in [0.29, 0.717) is 12.8 Å². The summed E-state index contributed by atoms with van der Waals surface area (Å²) in [5.74, 6) is -0.991. The minimum atomic E-state index is -0.799. The van der Waals surface area contributed by atoms with Crippen molar-refractivity contribution in [3.8, 4) is 0 Å². The second-order valence-corrected chi connectivity index (χ2v) is 6.77. The van der Waals surface area contributed by atoms with Crippen LogP contribution in [0.1, 0.15) is 60.3 Å². The molecule has 5 nitrogen and oxygen atoms in total. The maximum Gasteiger partial charge on any atom is 0.311 e. The topological polar surface area (TPSA) is 66.5 Å². The number of ether oxygens (including phenoxy) is 1. The first-order valence-corrected chi connectivity index (χ1v) is 7.28. The van der Waals surface area contributed by atoms with E-state index in [-0.39, 0.29) is 12.4 Å². The molecule has 1 fully saturated rings. The Morgan fingerprint density at radius 3 is 2.30 bits per heavy atom. The van der Waals surface area contributed by atoms with Gasteiger partial charge in [-0.3, -0.25) is 9.59 Å². The maximum atomic E-state index is 12.2. The predicted molar refractivity (Wildman–Crippen MR) is 74.3 cm³/mol. The summed E-state index contributed by atoms with van der Waals surface area (Å²) in [6.07, 6.45) is 2.64. The number of ketones is 1. The van der Waals surface area contributed by atoms with E-state index in [0.717, 1.165) is 17.9 Å². The van der Waals surface area contributed by atoms with E-state index in [2.05, 4.69) is 0 Å². The van der Waals surface area contributed by atoms with Crippen LogP contribution < -0.4 is 0 Å². The minimum Gasteiger partial charge on any atom is -0.457 e. The van der Waals surface area contributed by atoms with Gasteiger partial charge in [-0.15, -0.1) is 10.3 Å². The van der Waals surface area contributed by atoms with Crippen molar-refractivity contribution in [1.29, 1.82) is 0 Å². The summed E-state index contributed by atoms with van der Waals surface area (Å²) in [6.45, 7) is 8.97. The Hall–Kier alpha value is -0.940. The van der Waals surface area contributed by atoms with Crippen molar-refractivity contribution in [2.45, 2.75) is 71.4 Å². The number of esters is 1. The number of hydrogen-bond donors (Lipinski definition) is 0. The highest BCUT2D eigenvalue weighted by Crippen LogP contribution is 2.44. The molecule has 0 aromatic rings. The van der Waals surface area contributed by atoms with Crippen LogP contribution in [0.2, 0.25) is 0 Å². The molecule has 1 unspecified atom stereocenters. The molecule has 1 aliphatic heterocycles. The van der Waals surface area contributed by atoms with Crippen LogP contribution in [0.3, 0.4) is 0 Å². The number of rotatable bonds is 6. The Kier molecular flexibility index (Phi) is 5.33. The summed E-state index contributed by atoms with van der Waals surface area (Å²) in [5, 5.41) is 13.2. The van der Waals surface area contributed by atoms with Crippen LogP contribution in [0.25, 0.3) is 0 Å². The normalized spacial score (nSPS) is 24.6. The molecular weight excluding hydrogens is 258 g/mol. The third-order valence-corrected chi connectivity index (χ3v) is 4.10. The van der Waals surface area contributed by atoms with E-state index < -0.39 is 23.0 Å². The zero-order chi connectivity index (χ0) is 15.6. The second kappa shape index (κ2) is 6.22. The molecule has 115 valence electrons. The summed E-state index contributed by atoms with van der Waals surface area (Å²) >= 11 is 0. The van der Waals surface area contributed by atoms with Gasteiger partial charge in [0.25, 0.3) is 0 Å². The molecule has 0 N–H and O–H groups in total. The molecule has 1 aliphatic rings. The van der Waals surface area contributed by atoms with Gasteiger partial charge in [-0.2, -0.15) is 0 Å². The number of hydroxylamine groups is 2. The molecule has 0 bridgehead atoms. The first-order chi connectivity index (χ1) is 9.13. The summed E-state index contributed by atoms with van der Waals surface area (Å²) in [5.41, 5.74) is -1.38. The molecule has 0 spiro atoms. The van der Waals surface area contributed by atoms with Crippen molar-refractivity contribution in [2.24, 2.45) is 5.92 Å². The molecule has 1 atom stereocenters. The van der Waals surface area contributed by atoms with Gasteiger partial charge in [0.15, 0.2) is 5.78 Å². The molecule has 1 radical (unpaired) electrons. The molecule has 0 aromatic carbocycles. The predicted octanol–water partition coefficient (Wildman–Crippen LogP) is 2.51. The number of unbranched alkanes of at least 4 members (excludes halogenated alkanes) is 1. The third-order valence-electron chi connectivity index (χ3n) is 4.10. The van der Waals surface area contributed by atoms with Crippen LogP contribution >= 0.6 is 0 Å². The highest BCUT2D eigenvalue weighted by Gasteiger charge is 2.55. The van der Waals surface area contributed by atoms with Crippen LogP contribution in [0.15, 0.2) is 0 Å². The van der Waals surface area contributed by atoms with Crippen molar-refractivity contribution in [3.63, 3.8) is 0 Å². The lowest BCUT2D eigenvalue weighted by atomic mass is 9.87. The van der Waals surface area contributed by atoms with Gasteiger partial charge >= 0.3 is 5.97 Å². The Labute approximate surface area is 121 Å². The molecule has 0 amide bonds. The lowest BCUT2D eigenvalue weighted by Gasteiger charge is -2.32. The molecule has 0 saturated carbocycles. The van der Waals surface area contributed by atoms with Crippen LogP contribution in [0.4, 0.5) is 0 Å². The van der Waals surface area contributed by atoms with Crippen molar-refractivity contribution in [3.05, 3.63) is 0 Å². The van der Waals surface area contributed by atoms with Gasteiger partial charge in [0.1, 0.15) is 6.61 Å². The van der Waals surface area contributed by atoms with Crippen LogP contribution in [-0.2, 0) is 19.5 Å². The molecular formula is C15H26NO4. The molecule has 0 aliphatic carbocycles. The Bertz CT molecular complexity index is 376. The van der Waals surface area contributed by atoms with E-state index in [1.165, 1.54) is 0 Å². The number of carbonyl (C=O) groups excluding carboxylic acids is 2. The van der Waals surface area contributed by atoms with Crippen LogP contribution in [0, 0.1) is 5.92 Å². The van der Waals surface area contributed by atoms with Crippen molar-refractivity contribution in [2.75, 3.05) is 6.61 Å². The number of Topliss-reactive ketones (excluding diaryl/α,β-unsaturated/α-hetero) is 1. The fourth-order valence-electron chi connectivity index (χ4n) is 2.82. The van der Waals surface area contributed by atoms with Gasteiger partial charge in [0.05, 0.1) is 11.5 Å². The van der Waals surface area contributed by atoms with E-state index in [1.54, 1.807) is 13.8 Å². The fourth-order valence-corrected chi connectivity index (χ4v) is 2.82. The van der Waals surface area contributed by atoms with E-state index in [4.69, 9.17) is 4.74 Å². The van der Waals surface area contributed by atoms with Crippen LogP contribution in [-0.4, -0.2) is 34.5 Å². The Morgan fingerprint density at radius 2 is 1.85 bits per heavy atom.